The summed E-state index contributed by atoms with van der Waals surface area (Å²) in [5, 5.41) is 3.40. The summed E-state index contributed by atoms with van der Waals surface area (Å²) < 4.78 is 18.3. The topological polar surface area (TPSA) is 21.3 Å². The van der Waals surface area contributed by atoms with Crippen molar-refractivity contribution in [2.24, 2.45) is 0 Å². The van der Waals surface area contributed by atoms with Crippen molar-refractivity contribution < 1.29 is 9.13 Å². The number of morpholine rings is 1. The lowest BCUT2D eigenvalue weighted by Crippen LogP contribution is -2.46. The summed E-state index contributed by atoms with van der Waals surface area (Å²) in [4.78, 5) is 0. The van der Waals surface area contributed by atoms with Crippen molar-refractivity contribution in [2.45, 2.75) is 19.0 Å². The third-order valence-corrected chi connectivity index (χ3v) is 2.53. The molecule has 1 saturated heterocycles. The summed E-state index contributed by atoms with van der Waals surface area (Å²) in [6.45, 7) is 3.52. The molecule has 2 unspecified atom stereocenters. The van der Waals surface area contributed by atoms with Gasteiger partial charge in [0.1, 0.15) is 5.82 Å². The van der Waals surface area contributed by atoms with Gasteiger partial charge in [-0.25, -0.2) is 4.39 Å². The number of hydrogen-bond donors (Lipinski definition) is 1. The minimum absolute atomic E-state index is 0.205. The number of benzene rings is 1. The number of halogens is 1. The molecule has 0 saturated carbocycles. The van der Waals surface area contributed by atoms with Crippen LogP contribution in [0.2, 0.25) is 0 Å². The minimum Gasteiger partial charge on any atom is -0.378 e. The van der Waals surface area contributed by atoms with E-state index in [0.717, 1.165) is 12.2 Å². The second-order valence-electron chi connectivity index (χ2n) is 4.13. The monoisotopic (exact) mass is 221 g/mol. The first-order valence-electron chi connectivity index (χ1n) is 5.51. The van der Waals surface area contributed by atoms with Crippen molar-refractivity contribution in [1.82, 2.24) is 5.32 Å². The van der Waals surface area contributed by atoms with Gasteiger partial charge in [0.2, 0.25) is 0 Å². The highest BCUT2D eigenvalue weighted by Gasteiger charge is 2.15. The van der Waals surface area contributed by atoms with Gasteiger partial charge in [0.05, 0.1) is 13.2 Å². The van der Waals surface area contributed by atoms with Crippen LogP contribution in [0.5, 0.6) is 0 Å². The maximum absolute atomic E-state index is 12.9. The molecule has 0 radical (unpaired) electrons. The molecule has 1 aromatic carbocycles. The Bertz CT molecular complexity index is 378. The van der Waals surface area contributed by atoms with E-state index in [1.54, 1.807) is 6.07 Å². The molecule has 0 bridgehead atoms. The summed E-state index contributed by atoms with van der Waals surface area (Å²) in [5.41, 5.74) is 0.875. The lowest BCUT2D eigenvalue weighted by molar-refractivity contribution is 0.0637. The maximum atomic E-state index is 12.9. The van der Waals surface area contributed by atoms with Gasteiger partial charge in [0.15, 0.2) is 0 Å². The molecule has 1 N–H and O–H groups in total. The van der Waals surface area contributed by atoms with E-state index in [1.807, 2.05) is 18.2 Å². The van der Waals surface area contributed by atoms with Gasteiger partial charge in [-0.1, -0.05) is 24.3 Å². The normalized spacial score (nSPS) is 26.1. The standard InChI is InChI=1S/C13H16FNO/c1-10-8-16-9-13(15-10)6-5-11-3-2-4-12(14)7-11/h2-7,10,13,15H,8-9H2,1H3/b6-5+. The van der Waals surface area contributed by atoms with Gasteiger partial charge in [0.25, 0.3) is 0 Å². The maximum Gasteiger partial charge on any atom is 0.123 e. The molecule has 2 rings (SSSR count). The first kappa shape index (κ1) is 11.3. The van der Waals surface area contributed by atoms with Crippen LogP contribution in [0.25, 0.3) is 6.08 Å². The van der Waals surface area contributed by atoms with Gasteiger partial charge >= 0.3 is 0 Å². The van der Waals surface area contributed by atoms with Crippen molar-refractivity contribution in [3.63, 3.8) is 0 Å². The van der Waals surface area contributed by atoms with Crippen molar-refractivity contribution in [1.29, 1.82) is 0 Å². The molecule has 1 aromatic rings. The highest BCUT2D eigenvalue weighted by Crippen LogP contribution is 2.07. The van der Waals surface area contributed by atoms with Crippen LogP contribution in [0.4, 0.5) is 4.39 Å². The Balaban J connectivity index is 1.98. The Morgan fingerprint density at radius 2 is 2.31 bits per heavy atom. The lowest BCUT2D eigenvalue weighted by atomic mass is 10.1. The third kappa shape index (κ3) is 3.15. The van der Waals surface area contributed by atoms with E-state index in [9.17, 15) is 4.39 Å². The van der Waals surface area contributed by atoms with Crippen LogP contribution in [-0.4, -0.2) is 25.3 Å². The second-order valence-corrected chi connectivity index (χ2v) is 4.13. The summed E-state index contributed by atoms with van der Waals surface area (Å²) in [7, 11) is 0. The smallest absolute Gasteiger partial charge is 0.123 e. The van der Waals surface area contributed by atoms with E-state index in [-0.39, 0.29) is 11.9 Å². The summed E-state index contributed by atoms with van der Waals surface area (Å²) in [5.74, 6) is -0.205. The van der Waals surface area contributed by atoms with E-state index in [4.69, 9.17) is 4.74 Å². The average Bonchev–Trinajstić information content (AvgIpc) is 2.27. The molecule has 0 amide bonds. The largest absolute Gasteiger partial charge is 0.378 e. The molecule has 1 fully saturated rings. The molecule has 16 heavy (non-hydrogen) atoms. The zero-order valence-electron chi connectivity index (χ0n) is 9.32. The predicted octanol–water partition coefficient (Wildman–Crippen LogP) is 2.22. The molecular weight excluding hydrogens is 205 g/mol. The SMILES string of the molecule is CC1COCC(/C=C/c2cccc(F)c2)N1. The van der Waals surface area contributed by atoms with Crippen molar-refractivity contribution in [3.05, 3.63) is 41.7 Å². The number of ether oxygens (including phenoxy) is 1. The van der Waals surface area contributed by atoms with Crippen LogP contribution in [0.1, 0.15) is 12.5 Å². The van der Waals surface area contributed by atoms with Crippen LogP contribution in [0.15, 0.2) is 30.3 Å². The Hall–Kier alpha value is -1.19. The second kappa shape index (κ2) is 5.23. The number of nitrogens with one attached hydrogen (secondary N) is 1. The molecule has 0 spiro atoms. The molecule has 2 atom stereocenters. The van der Waals surface area contributed by atoms with E-state index in [0.29, 0.717) is 12.6 Å². The molecule has 1 aliphatic rings. The first-order valence-corrected chi connectivity index (χ1v) is 5.51. The highest BCUT2D eigenvalue weighted by atomic mass is 19.1. The van der Waals surface area contributed by atoms with Crippen LogP contribution < -0.4 is 5.32 Å². The molecule has 86 valence electrons. The van der Waals surface area contributed by atoms with Gasteiger partial charge in [-0.3, -0.25) is 0 Å². The fourth-order valence-corrected chi connectivity index (χ4v) is 1.78. The zero-order valence-corrected chi connectivity index (χ0v) is 9.32. The molecule has 1 heterocycles. The van der Waals surface area contributed by atoms with E-state index >= 15 is 0 Å². The molecule has 1 aliphatic heterocycles. The van der Waals surface area contributed by atoms with Gasteiger partial charge in [-0.2, -0.15) is 0 Å². The summed E-state index contributed by atoms with van der Waals surface area (Å²) in [6.07, 6.45) is 3.94. The van der Waals surface area contributed by atoms with Gasteiger partial charge < -0.3 is 10.1 Å². The van der Waals surface area contributed by atoms with Crippen molar-refractivity contribution >= 4 is 6.08 Å². The number of rotatable bonds is 2. The van der Waals surface area contributed by atoms with Gasteiger partial charge in [0, 0.05) is 12.1 Å². The summed E-state index contributed by atoms with van der Waals surface area (Å²) >= 11 is 0. The Morgan fingerprint density at radius 3 is 3.06 bits per heavy atom. The Labute approximate surface area is 95.1 Å². The van der Waals surface area contributed by atoms with Crippen LogP contribution >= 0.6 is 0 Å². The fraction of sp³-hybridized carbons (Fsp3) is 0.385. The molecule has 0 aliphatic carbocycles. The highest BCUT2D eigenvalue weighted by molar-refractivity contribution is 5.49. The molecular formula is C13H16FNO. The predicted molar refractivity (Wildman–Crippen MR) is 62.6 cm³/mol. The quantitative estimate of drug-likeness (QED) is 0.826. The molecule has 2 nitrogen and oxygen atoms in total. The van der Waals surface area contributed by atoms with Gasteiger partial charge in [-0.15, -0.1) is 0 Å². The summed E-state index contributed by atoms with van der Waals surface area (Å²) in [6, 6.07) is 7.14. The van der Waals surface area contributed by atoms with Crippen molar-refractivity contribution in [3.8, 4) is 0 Å². The van der Waals surface area contributed by atoms with E-state index in [2.05, 4.69) is 12.2 Å². The van der Waals surface area contributed by atoms with Crippen LogP contribution in [-0.2, 0) is 4.74 Å². The van der Waals surface area contributed by atoms with Crippen molar-refractivity contribution in [2.75, 3.05) is 13.2 Å². The Morgan fingerprint density at radius 1 is 1.44 bits per heavy atom. The zero-order chi connectivity index (χ0) is 11.4. The third-order valence-electron chi connectivity index (χ3n) is 2.53. The first-order chi connectivity index (χ1) is 7.74. The Kier molecular flexibility index (Phi) is 3.70. The minimum atomic E-state index is -0.205. The lowest BCUT2D eigenvalue weighted by Gasteiger charge is -2.26. The van der Waals surface area contributed by atoms with Gasteiger partial charge in [-0.05, 0) is 24.6 Å². The average molecular weight is 221 g/mol. The van der Waals surface area contributed by atoms with E-state index in [1.165, 1.54) is 12.1 Å². The molecule has 3 heteroatoms. The van der Waals surface area contributed by atoms with E-state index < -0.39 is 0 Å². The fourth-order valence-electron chi connectivity index (χ4n) is 1.78. The number of hydrogen-bond acceptors (Lipinski definition) is 2. The van der Waals surface area contributed by atoms with Crippen LogP contribution in [0.3, 0.4) is 0 Å². The molecule has 0 aromatic heterocycles. The van der Waals surface area contributed by atoms with Crippen LogP contribution in [0, 0.1) is 5.82 Å².